The van der Waals surface area contributed by atoms with Gasteiger partial charge in [-0.15, -0.1) is 0 Å². The molecule has 0 bridgehead atoms. The zero-order chi connectivity index (χ0) is 17.1. The zero-order valence-electron chi connectivity index (χ0n) is 13.6. The van der Waals surface area contributed by atoms with Gasteiger partial charge in [0, 0.05) is 35.4 Å². The van der Waals surface area contributed by atoms with E-state index in [2.05, 4.69) is 5.32 Å². The Morgan fingerprint density at radius 1 is 1.17 bits per heavy atom. The topological polar surface area (TPSA) is 57.8 Å². The molecule has 0 aliphatic heterocycles. The second-order valence-corrected chi connectivity index (χ2v) is 5.70. The molecule has 0 radical (unpaired) electrons. The highest BCUT2D eigenvalue weighted by Gasteiger charge is 2.12. The van der Waals surface area contributed by atoms with Gasteiger partial charge in [-0.05, 0) is 31.2 Å². The van der Waals surface area contributed by atoms with E-state index in [0.717, 1.165) is 22.0 Å². The fraction of sp³-hybridized carbons (Fsp3) is 0.100. The minimum Gasteiger partial charge on any atom is -0.350 e. The van der Waals surface area contributed by atoms with Crippen molar-refractivity contribution in [3.63, 3.8) is 0 Å². The fourth-order valence-corrected chi connectivity index (χ4v) is 2.63. The van der Waals surface area contributed by atoms with E-state index in [1.54, 1.807) is 6.08 Å². The Hall–Kier alpha value is -3.32. The average Bonchev–Trinajstić information content (AvgIpc) is 2.91. The van der Waals surface area contributed by atoms with Gasteiger partial charge < -0.3 is 9.88 Å². The lowest BCUT2D eigenvalue weighted by Crippen LogP contribution is -2.13. The molecule has 24 heavy (non-hydrogen) atoms. The van der Waals surface area contributed by atoms with Crippen molar-refractivity contribution in [1.29, 1.82) is 5.26 Å². The number of nitrogens with one attached hydrogen (secondary N) is 1. The SMILES string of the molecule is Cc1ccc(NC(=O)/C(C#N)=C/c2cn(C)c3ccccc23)cc1. The number of carbonyl (C=O) groups is 1. The van der Waals surface area contributed by atoms with Crippen LogP contribution in [0, 0.1) is 18.3 Å². The maximum absolute atomic E-state index is 12.4. The Bertz CT molecular complexity index is 972. The van der Waals surface area contributed by atoms with Gasteiger partial charge >= 0.3 is 0 Å². The first-order valence-corrected chi connectivity index (χ1v) is 7.62. The summed E-state index contributed by atoms with van der Waals surface area (Å²) in [5, 5.41) is 13.1. The van der Waals surface area contributed by atoms with Crippen molar-refractivity contribution in [3.05, 3.63) is 71.4 Å². The van der Waals surface area contributed by atoms with Crippen LogP contribution < -0.4 is 5.32 Å². The monoisotopic (exact) mass is 315 g/mol. The molecule has 1 amide bonds. The highest BCUT2D eigenvalue weighted by Crippen LogP contribution is 2.23. The Morgan fingerprint density at radius 3 is 2.58 bits per heavy atom. The first kappa shape index (κ1) is 15.6. The molecular weight excluding hydrogens is 298 g/mol. The van der Waals surface area contributed by atoms with Crippen molar-refractivity contribution in [2.75, 3.05) is 5.32 Å². The molecule has 0 saturated carbocycles. The summed E-state index contributed by atoms with van der Waals surface area (Å²) in [6.45, 7) is 1.98. The number of amides is 1. The molecule has 0 spiro atoms. The predicted octanol–water partition coefficient (Wildman–Crippen LogP) is 4.03. The Morgan fingerprint density at radius 2 is 1.88 bits per heavy atom. The van der Waals surface area contributed by atoms with Gasteiger partial charge in [-0.25, -0.2) is 0 Å². The Kier molecular flexibility index (Phi) is 4.17. The van der Waals surface area contributed by atoms with E-state index in [1.165, 1.54) is 0 Å². The van der Waals surface area contributed by atoms with E-state index >= 15 is 0 Å². The van der Waals surface area contributed by atoms with Gasteiger partial charge in [0.15, 0.2) is 0 Å². The third kappa shape index (κ3) is 3.06. The molecule has 0 aliphatic rings. The van der Waals surface area contributed by atoms with Gasteiger partial charge in [0.25, 0.3) is 5.91 Å². The normalized spacial score (nSPS) is 11.3. The summed E-state index contributed by atoms with van der Waals surface area (Å²) in [5.41, 5.74) is 3.76. The van der Waals surface area contributed by atoms with Crippen LogP contribution in [-0.2, 0) is 11.8 Å². The van der Waals surface area contributed by atoms with Crippen molar-refractivity contribution < 1.29 is 4.79 Å². The maximum atomic E-state index is 12.4. The molecule has 1 N–H and O–H groups in total. The first-order chi connectivity index (χ1) is 11.6. The third-order valence-corrected chi connectivity index (χ3v) is 3.90. The molecule has 0 atom stereocenters. The molecule has 0 aliphatic carbocycles. The van der Waals surface area contributed by atoms with Crippen LogP contribution >= 0.6 is 0 Å². The number of para-hydroxylation sites is 1. The van der Waals surface area contributed by atoms with Crippen LogP contribution in [0.5, 0.6) is 0 Å². The highest BCUT2D eigenvalue weighted by molar-refractivity contribution is 6.10. The van der Waals surface area contributed by atoms with Gasteiger partial charge in [-0.1, -0.05) is 35.9 Å². The van der Waals surface area contributed by atoms with Crippen molar-refractivity contribution in [2.24, 2.45) is 7.05 Å². The second-order valence-electron chi connectivity index (χ2n) is 5.70. The number of aryl methyl sites for hydroxylation is 2. The van der Waals surface area contributed by atoms with Gasteiger partial charge in [0.2, 0.25) is 0 Å². The van der Waals surface area contributed by atoms with Crippen LogP contribution in [-0.4, -0.2) is 10.5 Å². The molecule has 3 rings (SSSR count). The summed E-state index contributed by atoms with van der Waals surface area (Å²) < 4.78 is 1.98. The summed E-state index contributed by atoms with van der Waals surface area (Å²) in [7, 11) is 1.94. The van der Waals surface area contributed by atoms with E-state index in [-0.39, 0.29) is 5.57 Å². The van der Waals surface area contributed by atoms with E-state index in [9.17, 15) is 10.1 Å². The molecule has 1 heterocycles. The Labute approximate surface area is 140 Å². The molecule has 0 unspecified atom stereocenters. The fourth-order valence-electron chi connectivity index (χ4n) is 2.63. The van der Waals surface area contributed by atoms with E-state index in [1.807, 2.05) is 79.3 Å². The van der Waals surface area contributed by atoms with Gasteiger partial charge in [0.1, 0.15) is 11.6 Å². The molecular formula is C20H17N3O. The number of aromatic nitrogens is 1. The summed E-state index contributed by atoms with van der Waals surface area (Å²) in [6, 6.07) is 17.4. The number of hydrogen-bond donors (Lipinski definition) is 1. The van der Waals surface area contributed by atoms with Crippen LogP contribution in [0.4, 0.5) is 5.69 Å². The zero-order valence-corrected chi connectivity index (χ0v) is 13.6. The molecule has 118 valence electrons. The van der Waals surface area contributed by atoms with Crippen LogP contribution in [0.15, 0.2) is 60.3 Å². The molecule has 1 aromatic heterocycles. The minimum absolute atomic E-state index is 0.0759. The number of anilines is 1. The lowest BCUT2D eigenvalue weighted by Gasteiger charge is -2.04. The van der Waals surface area contributed by atoms with Crippen molar-refractivity contribution in [2.45, 2.75) is 6.92 Å². The smallest absolute Gasteiger partial charge is 0.266 e. The number of hydrogen-bond acceptors (Lipinski definition) is 2. The van der Waals surface area contributed by atoms with Crippen LogP contribution in [0.2, 0.25) is 0 Å². The van der Waals surface area contributed by atoms with Crippen molar-refractivity contribution >= 4 is 28.6 Å². The maximum Gasteiger partial charge on any atom is 0.266 e. The predicted molar refractivity (Wildman–Crippen MR) is 96.3 cm³/mol. The van der Waals surface area contributed by atoms with E-state index in [0.29, 0.717) is 5.69 Å². The van der Waals surface area contributed by atoms with Gasteiger partial charge in [0.05, 0.1) is 0 Å². The summed E-state index contributed by atoms with van der Waals surface area (Å²) in [6.07, 6.45) is 3.55. The summed E-state index contributed by atoms with van der Waals surface area (Å²) >= 11 is 0. The molecule has 3 aromatic rings. The van der Waals surface area contributed by atoms with Crippen LogP contribution in [0.1, 0.15) is 11.1 Å². The number of fused-ring (bicyclic) bond motifs is 1. The van der Waals surface area contributed by atoms with Gasteiger partial charge in [-0.2, -0.15) is 5.26 Å². The lowest BCUT2D eigenvalue weighted by molar-refractivity contribution is -0.112. The second kappa shape index (κ2) is 6.43. The first-order valence-electron chi connectivity index (χ1n) is 7.62. The average molecular weight is 315 g/mol. The van der Waals surface area contributed by atoms with Crippen LogP contribution in [0.3, 0.4) is 0 Å². The number of nitriles is 1. The number of benzene rings is 2. The molecule has 2 aromatic carbocycles. The summed E-state index contributed by atoms with van der Waals surface area (Å²) in [5.74, 6) is -0.408. The largest absolute Gasteiger partial charge is 0.350 e. The van der Waals surface area contributed by atoms with Crippen molar-refractivity contribution in [1.82, 2.24) is 4.57 Å². The highest BCUT2D eigenvalue weighted by atomic mass is 16.1. The van der Waals surface area contributed by atoms with Crippen LogP contribution in [0.25, 0.3) is 17.0 Å². The standard InChI is InChI=1S/C20H17N3O/c1-14-7-9-17(10-8-14)22-20(24)15(12-21)11-16-13-23(2)19-6-4-3-5-18(16)19/h3-11,13H,1-2H3,(H,22,24)/b15-11+. The quantitative estimate of drug-likeness (QED) is 0.586. The number of carbonyl (C=O) groups excluding carboxylic acids is 1. The summed E-state index contributed by atoms with van der Waals surface area (Å²) in [4.78, 5) is 12.4. The lowest BCUT2D eigenvalue weighted by atomic mass is 10.1. The molecule has 0 saturated heterocycles. The van der Waals surface area contributed by atoms with Gasteiger partial charge in [-0.3, -0.25) is 4.79 Å². The Balaban J connectivity index is 1.92. The van der Waals surface area contributed by atoms with Crippen molar-refractivity contribution in [3.8, 4) is 6.07 Å². The third-order valence-electron chi connectivity index (χ3n) is 3.90. The number of rotatable bonds is 3. The number of nitrogens with zero attached hydrogens (tertiary/aromatic N) is 2. The molecule has 4 nitrogen and oxygen atoms in total. The van der Waals surface area contributed by atoms with E-state index < -0.39 is 5.91 Å². The minimum atomic E-state index is -0.408. The molecule has 0 fully saturated rings. The molecule has 4 heteroatoms. The van der Waals surface area contributed by atoms with E-state index in [4.69, 9.17) is 0 Å².